The lowest BCUT2D eigenvalue weighted by Crippen LogP contribution is -2.49. The molecular weight excluding hydrogens is 520 g/mol. The third-order valence-electron chi connectivity index (χ3n) is 7.87. The van der Waals surface area contributed by atoms with Crippen LogP contribution in [-0.4, -0.2) is 74.5 Å². The van der Waals surface area contributed by atoms with Gasteiger partial charge in [0.2, 0.25) is 5.91 Å². The maximum Gasteiger partial charge on any atom is 0.254 e. The van der Waals surface area contributed by atoms with Crippen LogP contribution in [0.15, 0.2) is 66.0 Å². The predicted molar refractivity (Wildman–Crippen MR) is 161 cm³/mol. The zero-order chi connectivity index (χ0) is 28.1. The Morgan fingerprint density at radius 2 is 1.77 bits per heavy atom. The van der Waals surface area contributed by atoms with E-state index in [1.165, 1.54) is 0 Å². The minimum atomic E-state index is -0.435. The maximum atomic E-state index is 13.8. The van der Waals surface area contributed by atoms with E-state index < -0.39 is 5.92 Å². The summed E-state index contributed by atoms with van der Waals surface area (Å²) in [4.78, 5) is 35.3. The SMILES string of the molecule is COc1ccccc1N1CCN(CCCNC(=O)[C@H]2c3ccccc3C(=O)N(CC(C)C)[C@@H]2c2cccs2)CC1. The molecule has 1 saturated heterocycles. The Morgan fingerprint density at radius 3 is 2.50 bits per heavy atom. The summed E-state index contributed by atoms with van der Waals surface area (Å²) < 4.78 is 5.55. The van der Waals surface area contributed by atoms with E-state index in [9.17, 15) is 9.59 Å². The Balaban J connectivity index is 1.21. The lowest BCUT2D eigenvalue weighted by Gasteiger charge is -2.42. The number of amides is 2. The van der Waals surface area contributed by atoms with Crippen LogP contribution in [0.4, 0.5) is 5.69 Å². The van der Waals surface area contributed by atoms with Crippen molar-refractivity contribution in [3.8, 4) is 5.75 Å². The number of methoxy groups -OCH3 is 1. The molecule has 2 amide bonds. The van der Waals surface area contributed by atoms with Gasteiger partial charge in [0.15, 0.2) is 0 Å². The molecule has 5 rings (SSSR count). The fourth-order valence-electron chi connectivity index (χ4n) is 5.97. The minimum Gasteiger partial charge on any atom is -0.495 e. The minimum absolute atomic E-state index is 0.00639. The van der Waals surface area contributed by atoms with Crippen molar-refractivity contribution >= 4 is 28.8 Å². The topological polar surface area (TPSA) is 65.1 Å². The smallest absolute Gasteiger partial charge is 0.254 e. The molecule has 2 atom stereocenters. The zero-order valence-corrected chi connectivity index (χ0v) is 24.5. The maximum absolute atomic E-state index is 13.8. The molecule has 0 unspecified atom stereocenters. The van der Waals surface area contributed by atoms with Crippen LogP contribution in [-0.2, 0) is 4.79 Å². The number of fused-ring (bicyclic) bond motifs is 1. The molecule has 40 heavy (non-hydrogen) atoms. The van der Waals surface area contributed by atoms with Crippen LogP contribution in [0, 0.1) is 5.92 Å². The Hall–Kier alpha value is -3.36. The number of carbonyl (C=O) groups is 2. The number of para-hydroxylation sites is 2. The number of nitrogens with zero attached hydrogens (tertiary/aromatic N) is 3. The van der Waals surface area contributed by atoms with Gasteiger partial charge in [0.1, 0.15) is 5.75 Å². The van der Waals surface area contributed by atoms with E-state index in [1.807, 2.05) is 52.7 Å². The van der Waals surface area contributed by atoms with E-state index in [0.29, 0.717) is 24.6 Å². The lowest BCUT2D eigenvalue weighted by atomic mass is 9.81. The highest BCUT2D eigenvalue weighted by atomic mass is 32.1. The van der Waals surface area contributed by atoms with Gasteiger partial charge < -0.3 is 19.9 Å². The van der Waals surface area contributed by atoms with Crippen molar-refractivity contribution in [3.63, 3.8) is 0 Å². The van der Waals surface area contributed by atoms with E-state index >= 15 is 0 Å². The molecule has 2 aromatic carbocycles. The largest absolute Gasteiger partial charge is 0.495 e. The van der Waals surface area contributed by atoms with Gasteiger partial charge in [-0.15, -0.1) is 11.3 Å². The molecule has 7 nitrogen and oxygen atoms in total. The summed E-state index contributed by atoms with van der Waals surface area (Å²) in [5, 5.41) is 5.26. The molecule has 2 aliphatic rings. The van der Waals surface area contributed by atoms with E-state index in [-0.39, 0.29) is 17.9 Å². The van der Waals surface area contributed by atoms with Gasteiger partial charge in [-0.2, -0.15) is 0 Å². The summed E-state index contributed by atoms with van der Waals surface area (Å²) in [5.41, 5.74) is 2.62. The number of carbonyl (C=O) groups excluding carboxylic acids is 2. The summed E-state index contributed by atoms with van der Waals surface area (Å²) in [6.45, 7) is 10.3. The number of thiophene rings is 1. The van der Waals surface area contributed by atoms with Crippen LogP contribution in [0.1, 0.15) is 53.0 Å². The van der Waals surface area contributed by atoms with Gasteiger partial charge in [0, 0.05) is 49.7 Å². The molecular formula is C32H40N4O3S. The number of hydrogen-bond donors (Lipinski definition) is 1. The number of nitrogens with one attached hydrogen (secondary N) is 1. The number of anilines is 1. The van der Waals surface area contributed by atoms with Crippen LogP contribution in [0.25, 0.3) is 0 Å². The first kappa shape index (κ1) is 28.2. The molecule has 0 aliphatic carbocycles. The summed E-state index contributed by atoms with van der Waals surface area (Å²) >= 11 is 1.61. The highest BCUT2D eigenvalue weighted by Crippen LogP contribution is 2.44. The second-order valence-corrected chi connectivity index (χ2v) is 12.0. The fraction of sp³-hybridized carbons (Fsp3) is 0.438. The third kappa shape index (κ3) is 6.03. The van der Waals surface area contributed by atoms with Crippen molar-refractivity contribution in [2.24, 2.45) is 5.92 Å². The number of piperazine rings is 1. The lowest BCUT2D eigenvalue weighted by molar-refractivity contribution is -0.124. The first-order valence-corrected chi connectivity index (χ1v) is 15.2. The van der Waals surface area contributed by atoms with Crippen molar-refractivity contribution in [1.82, 2.24) is 15.1 Å². The fourth-order valence-corrected chi connectivity index (χ4v) is 6.85. The highest BCUT2D eigenvalue weighted by molar-refractivity contribution is 7.10. The Morgan fingerprint density at radius 1 is 1.02 bits per heavy atom. The molecule has 1 aromatic heterocycles. The van der Waals surface area contributed by atoms with E-state index in [2.05, 4.69) is 47.2 Å². The second kappa shape index (κ2) is 12.9. The van der Waals surface area contributed by atoms with Crippen LogP contribution in [0.5, 0.6) is 5.75 Å². The van der Waals surface area contributed by atoms with E-state index in [4.69, 9.17) is 4.74 Å². The van der Waals surface area contributed by atoms with Crippen LogP contribution >= 0.6 is 11.3 Å². The molecule has 1 fully saturated rings. The summed E-state index contributed by atoms with van der Waals surface area (Å²) in [5.74, 6) is 0.782. The van der Waals surface area contributed by atoms with Gasteiger partial charge in [0.25, 0.3) is 5.91 Å². The van der Waals surface area contributed by atoms with Crippen molar-refractivity contribution in [2.75, 3.05) is 57.8 Å². The van der Waals surface area contributed by atoms with Crippen molar-refractivity contribution in [3.05, 3.63) is 82.0 Å². The molecule has 8 heteroatoms. The molecule has 0 radical (unpaired) electrons. The van der Waals surface area contributed by atoms with Gasteiger partial charge in [-0.3, -0.25) is 14.5 Å². The predicted octanol–water partition coefficient (Wildman–Crippen LogP) is 5.02. The Labute approximate surface area is 241 Å². The van der Waals surface area contributed by atoms with Crippen molar-refractivity contribution in [1.29, 1.82) is 0 Å². The average Bonchev–Trinajstić information content (AvgIpc) is 3.51. The molecule has 1 N–H and O–H groups in total. The molecule has 0 spiro atoms. The van der Waals surface area contributed by atoms with Crippen molar-refractivity contribution < 1.29 is 14.3 Å². The number of rotatable bonds is 10. The first-order valence-electron chi connectivity index (χ1n) is 14.3. The van der Waals surface area contributed by atoms with Crippen molar-refractivity contribution in [2.45, 2.75) is 32.2 Å². The monoisotopic (exact) mass is 560 g/mol. The van der Waals surface area contributed by atoms with E-state index in [1.54, 1.807) is 18.4 Å². The quantitative estimate of drug-likeness (QED) is 0.353. The van der Waals surface area contributed by atoms with Gasteiger partial charge in [-0.1, -0.05) is 50.2 Å². The highest BCUT2D eigenvalue weighted by Gasteiger charge is 2.44. The second-order valence-electron chi connectivity index (χ2n) is 11.0. The number of hydrogen-bond acceptors (Lipinski definition) is 6. The van der Waals surface area contributed by atoms with Crippen LogP contribution in [0.2, 0.25) is 0 Å². The zero-order valence-electron chi connectivity index (χ0n) is 23.7. The van der Waals surface area contributed by atoms with Gasteiger partial charge in [0.05, 0.1) is 24.8 Å². The normalized spacial score (nSPS) is 19.6. The van der Waals surface area contributed by atoms with Gasteiger partial charge >= 0.3 is 0 Å². The van der Waals surface area contributed by atoms with Gasteiger partial charge in [-0.05, 0) is 54.1 Å². The molecule has 2 aliphatic heterocycles. The van der Waals surface area contributed by atoms with Gasteiger partial charge in [-0.25, -0.2) is 0 Å². The molecule has 212 valence electrons. The summed E-state index contributed by atoms with van der Waals surface area (Å²) in [6.07, 6.45) is 0.882. The standard InChI is InChI=1S/C32H40N4O3S/c1-23(2)22-36-30(28-14-8-21-40-28)29(24-10-4-5-11-25(24)32(36)38)31(37)33-15-9-16-34-17-19-35(20-18-34)26-12-6-7-13-27(26)39-3/h4-8,10-14,21,23,29-30H,9,15-20,22H2,1-3H3,(H,33,37)/t29-,30+/m0/s1. The first-order chi connectivity index (χ1) is 19.5. The molecule has 0 saturated carbocycles. The molecule has 3 aromatic rings. The summed E-state index contributed by atoms with van der Waals surface area (Å²) in [7, 11) is 1.72. The number of benzene rings is 2. The Bertz CT molecular complexity index is 1290. The third-order valence-corrected chi connectivity index (χ3v) is 8.81. The number of ether oxygens (including phenoxy) is 1. The Kier molecular flexibility index (Phi) is 9.07. The molecule has 3 heterocycles. The summed E-state index contributed by atoms with van der Waals surface area (Å²) in [6, 6.07) is 19.6. The van der Waals surface area contributed by atoms with E-state index in [0.717, 1.165) is 61.0 Å². The van der Waals surface area contributed by atoms with Crippen LogP contribution < -0.4 is 15.0 Å². The van der Waals surface area contributed by atoms with Crippen LogP contribution in [0.3, 0.4) is 0 Å². The molecule has 0 bridgehead atoms. The average molecular weight is 561 g/mol.